The lowest BCUT2D eigenvalue weighted by Gasteiger charge is -2.09. The first-order valence-electron chi connectivity index (χ1n) is 10.9. The molecule has 0 saturated heterocycles. The minimum Gasteiger partial charge on any atom is -0.333 e. The molecule has 2 aromatic heterocycles. The van der Waals surface area contributed by atoms with Crippen LogP contribution in [0.4, 0.5) is 0 Å². The number of nitrogens with zero attached hydrogens (tertiary/aromatic N) is 4. The van der Waals surface area contributed by atoms with Crippen LogP contribution in [0.5, 0.6) is 0 Å². The van der Waals surface area contributed by atoms with Crippen LogP contribution in [-0.4, -0.2) is 19.5 Å². The summed E-state index contributed by atoms with van der Waals surface area (Å²) in [5.41, 5.74) is 3.60. The minimum atomic E-state index is 0.613. The summed E-state index contributed by atoms with van der Waals surface area (Å²) in [4.78, 5) is 14.2. The van der Waals surface area contributed by atoms with Gasteiger partial charge in [-0.05, 0) is 35.4 Å². The molecule has 0 unspecified atom stereocenters. The Hall–Kier alpha value is -4.05. The molecular weight excluding hydrogens is 392 g/mol. The van der Waals surface area contributed by atoms with E-state index in [1.807, 2.05) is 6.92 Å². The van der Waals surface area contributed by atoms with Crippen molar-refractivity contribution in [1.82, 2.24) is 19.5 Å². The zero-order chi connectivity index (χ0) is 21.5. The number of para-hydroxylation sites is 2. The third kappa shape index (κ3) is 3.30. The van der Waals surface area contributed by atoms with E-state index >= 15 is 0 Å². The van der Waals surface area contributed by atoms with Crippen molar-refractivity contribution in [2.75, 3.05) is 0 Å². The van der Waals surface area contributed by atoms with Gasteiger partial charge in [-0.25, -0.2) is 15.0 Å². The lowest BCUT2D eigenvalue weighted by Crippen LogP contribution is -2.10. The summed E-state index contributed by atoms with van der Waals surface area (Å²) in [5.74, 6) is 2.36. The van der Waals surface area contributed by atoms with E-state index in [9.17, 15) is 0 Å². The maximum atomic E-state index is 4.85. The third-order valence-corrected chi connectivity index (χ3v) is 6.00. The van der Waals surface area contributed by atoms with Gasteiger partial charge >= 0.3 is 0 Å². The largest absolute Gasteiger partial charge is 0.333 e. The molecule has 0 amide bonds. The molecule has 4 heteroatoms. The van der Waals surface area contributed by atoms with Gasteiger partial charge in [0.05, 0.1) is 6.54 Å². The zero-order valence-electron chi connectivity index (χ0n) is 17.9. The fourth-order valence-corrected chi connectivity index (χ4v) is 4.59. The number of hydrogen-bond donors (Lipinski definition) is 0. The highest BCUT2D eigenvalue weighted by Gasteiger charge is 2.13. The summed E-state index contributed by atoms with van der Waals surface area (Å²) in [7, 11) is 0. The molecule has 0 spiro atoms. The first-order valence-corrected chi connectivity index (χ1v) is 10.9. The molecule has 0 bridgehead atoms. The van der Waals surface area contributed by atoms with Gasteiger partial charge in [0.15, 0.2) is 5.82 Å². The number of fused-ring (bicyclic) bond motifs is 4. The van der Waals surface area contributed by atoms with E-state index in [0.29, 0.717) is 13.0 Å². The van der Waals surface area contributed by atoms with Crippen LogP contribution in [0.3, 0.4) is 0 Å². The molecule has 4 nitrogen and oxygen atoms in total. The van der Waals surface area contributed by atoms with Crippen LogP contribution >= 0.6 is 0 Å². The van der Waals surface area contributed by atoms with Crippen molar-refractivity contribution in [3.05, 3.63) is 114 Å². The van der Waals surface area contributed by atoms with E-state index in [0.717, 1.165) is 17.5 Å². The number of rotatable bonds is 4. The van der Waals surface area contributed by atoms with Crippen LogP contribution in [0.25, 0.3) is 32.6 Å². The van der Waals surface area contributed by atoms with Crippen molar-refractivity contribution >= 4 is 32.6 Å². The van der Waals surface area contributed by atoms with Crippen molar-refractivity contribution in [3.63, 3.8) is 0 Å². The normalized spacial score (nSPS) is 11.5. The van der Waals surface area contributed by atoms with Crippen molar-refractivity contribution < 1.29 is 0 Å². The van der Waals surface area contributed by atoms with Crippen LogP contribution in [0.2, 0.25) is 0 Å². The Morgan fingerprint density at radius 3 is 2.00 bits per heavy atom. The molecule has 154 valence electrons. The van der Waals surface area contributed by atoms with E-state index in [2.05, 4.69) is 106 Å². The van der Waals surface area contributed by atoms with Crippen LogP contribution in [0.1, 0.15) is 23.0 Å². The van der Waals surface area contributed by atoms with Crippen LogP contribution in [-0.2, 0) is 13.0 Å². The monoisotopic (exact) mass is 414 g/mol. The summed E-state index contributed by atoms with van der Waals surface area (Å²) in [6.07, 6.45) is 0.689. The van der Waals surface area contributed by atoms with Crippen molar-refractivity contribution in [2.45, 2.75) is 19.9 Å². The van der Waals surface area contributed by atoms with E-state index in [1.165, 1.54) is 38.1 Å². The zero-order valence-corrected chi connectivity index (χ0v) is 17.9. The van der Waals surface area contributed by atoms with Gasteiger partial charge in [0.1, 0.15) is 11.6 Å². The summed E-state index contributed by atoms with van der Waals surface area (Å²) < 4.78 is 2.30. The van der Waals surface area contributed by atoms with Gasteiger partial charge in [0, 0.05) is 28.2 Å². The first kappa shape index (κ1) is 18.7. The molecule has 6 aromatic rings. The first-order chi connectivity index (χ1) is 15.7. The molecule has 0 aliphatic heterocycles. The van der Waals surface area contributed by atoms with Crippen molar-refractivity contribution in [2.24, 2.45) is 0 Å². The fraction of sp³-hybridized carbons (Fsp3) is 0.107. The quantitative estimate of drug-likeness (QED) is 0.351. The summed E-state index contributed by atoms with van der Waals surface area (Å²) in [6, 6.07) is 32.0. The number of hydrogen-bond acceptors (Lipinski definition) is 3. The lowest BCUT2D eigenvalue weighted by atomic mass is 10.0. The second-order valence-corrected chi connectivity index (χ2v) is 8.19. The number of aromatic nitrogens is 4. The van der Waals surface area contributed by atoms with Crippen LogP contribution in [0, 0.1) is 6.92 Å². The van der Waals surface area contributed by atoms with Crippen molar-refractivity contribution in [1.29, 1.82) is 0 Å². The lowest BCUT2D eigenvalue weighted by molar-refractivity contribution is 0.742. The Kier molecular flexibility index (Phi) is 4.43. The van der Waals surface area contributed by atoms with Gasteiger partial charge < -0.3 is 4.57 Å². The average Bonchev–Trinajstić information content (AvgIpc) is 3.12. The average molecular weight is 415 g/mol. The minimum absolute atomic E-state index is 0.613. The molecule has 0 fully saturated rings. The molecular formula is C28H22N4. The molecule has 2 heterocycles. The van der Waals surface area contributed by atoms with Gasteiger partial charge in [-0.1, -0.05) is 78.9 Å². The van der Waals surface area contributed by atoms with E-state index in [1.54, 1.807) is 0 Å². The Morgan fingerprint density at radius 2 is 1.25 bits per heavy atom. The van der Waals surface area contributed by atoms with Gasteiger partial charge in [-0.3, -0.25) is 0 Å². The molecule has 4 aromatic carbocycles. The fourth-order valence-electron chi connectivity index (χ4n) is 4.59. The van der Waals surface area contributed by atoms with Gasteiger partial charge in [-0.15, -0.1) is 0 Å². The second-order valence-electron chi connectivity index (χ2n) is 8.19. The van der Waals surface area contributed by atoms with Gasteiger partial charge in [-0.2, -0.15) is 0 Å². The predicted octanol–water partition coefficient (Wildman–Crippen LogP) is 6.08. The molecule has 0 atom stereocenters. The summed E-state index contributed by atoms with van der Waals surface area (Å²) in [6.45, 7) is 2.56. The Bertz CT molecular complexity index is 1540. The highest BCUT2D eigenvalue weighted by molar-refractivity contribution is 6.08. The highest BCUT2D eigenvalue weighted by atomic mass is 15.1. The SMILES string of the molecule is Cc1nc(Cc2ccc3ccccc3c2)nc(Cn2c3ccccc3c3ccccc32)n1. The molecule has 0 aliphatic carbocycles. The highest BCUT2D eigenvalue weighted by Crippen LogP contribution is 2.29. The maximum Gasteiger partial charge on any atom is 0.152 e. The predicted molar refractivity (Wildman–Crippen MR) is 130 cm³/mol. The number of benzene rings is 4. The number of aryl methyl sites for hydroxylation is 1. The second kappa shape index (κ2) is 7.57. The van der Waals surface area contributed by atoms with Gasteiger partial charge in [0.25, 0.3) is 0 Å². The standard InChI is InChI=1S/C28H22N4/c1-19-29-27(17-20-14-15-21-8-2-3-9-22(21)16-20)31-28(30-19)18-32-25-12-6-4-10-23(25)24-11-5-7-13-26(24)32/h2-16H,17-18H2,1H3. The molecule has 32 heavy (non-hydrogen) atoms. The maximum absolute atomic E-state index is 4.85. The van der Waals surface area contributed by atoms with E-state index in [4.69, 9.17) is 4.98 Å². The molecule has 6 rings (SSSR count). The van der Waals surface area contributed by atoms with Crippen LogP contribution in [0.15, 0.2) is 91.0 Å². The van der Waals surface area contributed by atoms with E-state index < -0.39 is 0 Å². The molecule has 0 saturated carbocycles. The topological polar surface area (TPSA) is 43.6 Å². The van der Waals surface area contributed by atoms with Crippen molar-refractivity contribution in [3.8, 4) is 0 Å². The van der Waals surface area contributed by atoms with Crippen LogP contribution < -0.4 is 0 Å². The Labute approximate surface area is 186 Å². The van der Waals surface area contributed by atoms with Gasteiger partial charge in [0.2, 0.25) is 0 Å². The third-order valence-electron chi connectivity index (χ3n) is 6.00. The van der Waals surface area contributed by atoms with E-state index in [-0.39, 0.29) is 0 Å². The Morgan fingerprint density at radius 1 is 0.625 bits per heavy atom. The summed E-state index contributed by atoms with van der Waals surface area (Å²) in [5, 5.41) is 4.99. The molecule has 0 N–H and O–H groups in total. The summed E-state index contributed by atoms with van der Waals surface area (Å²) >= 11 is 0. The molecule has 0 aliphatic rings. The molecule has 0 radical (unpaired) electrons. The Balaban J connectivity index is 1.39. The smallest absolute Gasteiger partial charge is 0.152 e.